The molecule has 1 fully saturated rings. The molecule has 0 spiro atoms. The Morgan fingerprint density at radius 2 is 1.76 bits per heavy atom. The summed E-state index contributed by atoms with van der Waals surface area (Å²) in [5, 5.41) is 2.07. The van der Waals surface area contributed by atoms with Crippen molar-refractivity contribution in [2.75, 3.05) is 26.2 Å². The zero-order chi connectivity index (χ0) is 24.2. The van der Waals surface area contributed by atoms with Crippen molar-refractivity contribution in [3.05, 3.63) is 64.9 Å². The van der Waals surface area contributed by atoms with Gasteiger partial charge in [-0.1, -0.05) is 41.9 Å². The number of nitrogens with zero attached hydrogens (tertiary/aromatic N) is 2. The standard InChI is InChI=1S/C20H24ClFN4O5S2/c21-17-13-16(7-8-18(17)22)33(30,31)26-12-4-11-25(20(26)19(27)24-10-9-23)32(28,29)14-15-5-2-1-3-6-15/h1-3,5-8,13,20H,4,9-12,14,23H2,(H,24,27). The monoisotopic (exact) mass is 518 g/mol. The number of rotatable bonds is 8. The third-order valence-corrected chi connectivity index (χ3v) is 8.96. The number of halogens is 2. The maximum Gasteiger partial charge on any atom is 0.254 e. The lowest BCUT2D eigenvalue weighted by atomic mass is 10.2. The van der Waals surface area contributed by atoms with Crippen LogP contribution in [-0.2, 0) is 30.6 Å². The van der Waals surface area contributed by atoms with Gasteiger partial charge in [-0.15, -0.1) is 0 Å². The maximum atomic E-state index is 13.6. The molecule has 180 valence electrons. The number of carbonyl (C=O) groups excluding carboxylic acids is 1. The quantitative estimate of drug-likeness (QED) is 0.538. The summed E-state index contributed by atoms with van der Waals surface area (Å²) in [6.07, 6.45) is -1.52. The Morgan fingerprint density at radius 3 is 2.39 bits per heavy atom. The molecule has 1 unspecified atom stereocenters. The summed E-state index contributed by atoms with van der Waals surface area (Å²) in [5.74, 6) is -2.04. The Labute approximate surface area is 197 Å². The number of hydrogen-bond donors (Lipinski definition) is 2. The molecule has 0 radical (unpaired) electrons. The number of amides is 1. The van der Waals surface area contributed by atoms with Crippen LogP contribution in [0.5, 0.6) is 0 Å². The summed E-state index contributed by atoms with van der Waals surface area (Å²) in [4.78, 5) is 12.7. The first kappa shape index (κ1) is 25.5. The fourth-order valence-corrected chi connectivity index (χ4v) is 7.13. The molecule has 1 heterocycles. The molecule has 0 bridgehead atoms. The minimum absolute atomic E-state index is 0.0260. The predicted octanol–water partition coefficient (Wildman–Crippen LogP) is 1.11. The van der Waals surface area contributed by atoms with E-state index in [0.29, 0.717) is 5.56 Å². The number of hydrogen-bond acceptors (Lipinski definition) is 6. The molecule has 1 aliphatic heterocycles. The molecule has 2 aromatic carbocycles. The molecular weight excluding hydrogens is 495 g/mol. The Morgan fingerprint density at radius 1 is 1.09 bits per heavy atom. The topological polar surface area (TPSA) is 130 Å². The lowest BCUT2D eigenvalue weighted by Gasteiger charge is -2.40. The van der Waals surface area contributed by atoms with E-state index < -0.39 is 48.7 Å². The van der Waals surface area contributed by atoms with Crippen LogP contribution < -0.4 is 11.1 Å². The first-order valence-electron chi connectivity index (χ1n) is 10.1. The molecule has 13 heteroatoms. The predicted molar refractivity (Wildman–Crippen MR) is 122 cm³/mol. The molecule has 9 nitrogen and oxygen atoms in total. The molecule has 33 heavy (non-hydrogen) atoms. The highest BCUT2D eigenvalue weighted by atomic mass is 35.5. The van der Waals surface area contributed by atoms with Crippen LogP contribution in [0.25, 0.3) is 0 Å². The first-order valence-corrected chi connectivity index (χ1v) is 13.5. The third kappa shape index (κ3) is 5.70. The Hall–Kier alpha value is -2.09. The average molecular weight is 519 g/mol. The molecule has 1 saturated heterocycles. The summed E-state index contributed by atoms with van der Waals surface area (Å²) in [6.45, 7) is -0.0603. The zero-order valence-corrected chi connectivity index (χ0v) is 19.9. The normalized spacial score (nSPS) is 18.2. The van der Waals surface area contributed by atoms with Gasteiger partial charge in [-0.25, -0.2) is 21.2 Å². The largest absolute Gasteiger partial charge is 0.352 e. The minimum atomic E-state index is -4.40. The van der Waals surface area contributed by atoms with Gasteiger partial charge in [0.05, 0.1) is 15.7 Å². The second-order valence-corrected chi connectivity index (χ2v) is 11.6. The van der Waals surface area contributed by atoms with Crippen LogP contribution >= 0.6 is 11.6 Å². The van der Waals surface area contributed by atoms with E-state index in [9.17, 15) is 26.0 Å². The number of sulfonamides is 2. The van der Waals surface area contributed by atoms with E-state index in [1.165, 1.54) is 0 Å². The highest BCUT2D eigenvalue weighted by Crippen LogP contribution is 2.29. The van der Waals surface area contributed by atoms with Crippen molar-refractivity contribution in [1.29, 1.82) is 0 Å². The summed E-state index contributed by atoms with van der Waals surface area (Å²) in [5.41, 5.74) is 5.93. The number of benzene rings is 2. The second-order valence-electron chi connectivity index (χ2n) is 7.35. The molecule has 0 aliphatic carbocycles. The van der Waals surface area contributed by atoms with Gasteiger partial charge in [-0.3, -0.25) is 4.79 Å². The third-order valence-electron chi connectivity index (χ3n) is 5.03. The Kier molecular flexibility index (Phi) is 8.08. The molecule has 1 amide bonds. The second kappa shape index (κ2) is 10.5. The molecule has 0 saturated carbocycles. The molecule has 0 aromatic heterocycles. The van der Waals surface area contributed by atoms with Crippen molar-refractivity contribution in [1.82, 2.24) is 13.9 Å². The van der Waals surface area contributed by atoms with Gasteiger partial charge in [0.1, 0.15) is 5.82 Å². The van der Waals surface area contributed by atoms with Crippen LogP contribution in [0.2, 0.25) is 5.02 Å². The highest BCUT2D eigenvalue weighted by Gasteiger charge is 2.46. The van der Waals surface area contributed by atoms with Crippen LogP contribution in [0.3, 0.4) is 0 Å². The molecule has 3 N–H and O–H groups in total. The van der Waals surface area contributed by atoms with Gasteiger partial charge >= 0.3 is 0 Å². The molecule has 2 aromatic rings. The van der Waals surface area contributed by atoms with Gasteiger partial charge in [0.2, 0.25) is 20.0 Å². The number of nitrogens with one attached hydrogen (secondary N) is 1. The van der Waals surface area contributed by atoms with Crippen LogP contribution in [-0.4, -0.2) is 63.7 Å². The van der Waals surface area contributed by atoms with Crippen LogP contribution in [0.15, 0.2) is 53.4 Å². The van der Waals surface area contributed by atoms with Crippen molar-refractivity contribution in [3.63, 3.8) is 0 Å². The molecule has 3 rings (SSSR count). The van der Waals surface area contributed by atoms with E-state index >= 15 is 0 Å². The number of nitrogens with two attached hydrogens (primary N) is 1. The van der Waals surface area contributed by atoms with Gasteiger partial charge in [0, 0.05) is 26.2 Å². The fraction of sp³-hybridized carbons (Fsp3) is 0.350. The maximum absolute atomic E-state index is 13.6. The van der Waals surface area contributed by atoms with Gasteiger partial charge in [0.25, 0.3) is 5.91 Å². The Bertz CT molecular complexity index is 1210. The smallest absolute Gasteiger partial charge is 0.254 e. The summed E-state index contributed by atoms with van der Waals surface area (Å²) < 4.78 is 68.6. The minimum Gasteiger partial charge on any atom is -0.352 e. The fourth-order valence-electron chi connectivity index (χ4n) is 3.50. The zero-order valence-electron chi connectivity index (χ0n) is 17.5. The highest BCUT2D eigenvalue weighted by molar-refractivity contribution is 7.89. The van der Waals surface area contributed by atoms with E-state index in [4.69, 9.17) is 17.3 Å². The summed E-state index contributed by atoms with van der Waals surface area (Å²) in [7, 11) is -8.50. The Balaban J connectivity index is 2.03. The lowest BCUT2D eigenvalue weighted by Crippen LogP contribution is -2.63. The van der Waals surface area contributed by atoms with Crippen LogP contribution in [0.4, 0.5) is 4.39 Å². The summed E-state index contributed by atoms with van der Waals surface area (Å²) >= 11 is 5.76. The van der Waals surface area contributed by atoms with Crippen LogP contribution in [0.1, 0.15) is 12.0 Å². The molecule has 1 aliphatic rings. The van der Waals surface area contributed by atoms with E-state index in [1.807, 2.05) is 0 Å². The van der Waals surface area contributed by atoms with Crippen molar-refractivity contribution in [2.24, 2.45) is 5.73 Å². The van der Waals surface area contributed by atoms with Crippen LogP contribution in [0, 0.1) is 5.82 Å². The molecular formula is C20H24ClFN4O5S2. The van der Waals surface area contributed by atoms with E-state index in [-0.39, 0.29) is 37.5 Å². The van der Waals surface area contributed by atoms with Gasteiger partial charge in [0.15, 0.2) is 6.17 Å². The van der Waals surface area contributed by atoms with Gasteiger partial charge in [-0.2, -0.15) is 8.61 Å². The van der Waals surface area contributed by atoms with Crippen molar-refractivity contribution >= 4 is 37.6 Å². The lowest BCUT2D eigenvalue weighted by molar-refractivity contribution is -0.129. The number of carbonyl (C=O) groups is 1. The van der Waals surface area contributed by atoms with E-state index in [0.717, 1.165) is 26.8 Å². The first-order chi connectivity index (χ1) is 15.6. The van der Waals surface area contributed by atoms with Crippen molar-refractivity contribution in [2.45, 2.75) is 23.2 Å². The van der Waals surface area contributed by atoms with Gasteiger partial charge < -0.3 is 11.1 Å². The van der Waals surface area contributed by atoms with E-state index in [1.54, 1.807) is 30.3 Å². The average Bonchev–Trinajstić information content (AvgIpc) is 2.79. The molecule has 1 atom stereocenters. The van der Waals surface area contributed by atoms with Crippen molar-refractivity contribution in [3.8, 4) is 0 Å². The summed E-state index contributed by atoms with van der Waals surface area (Å²) in [6, 6.07) is 11.2. The SMILES string of the molecule is NCCNC(=O)C1N(S(=O)(=O)Cc2ccccc2)CCCN1S(=O)(=O)c1ccc(F)c(Cl)c1. The van der Waals surface area contributed by atoms with E-state index in [2.05, 4.69) is 5.32 Å². The van der Waals surface area contributed by atoms with Crippen molar-refractivity contribution < 1.29 is 26.0 Å². The van der Waals surface area contributed by atoms with Gasteiger partial charge in [-0.05, 0) is 30.2 Å².